The molecule has 2 rings (SSSR count). The van der Waals surface area contributed by atoms with Gasteiger partial charge in [0, 0.05) is 5.56 Å². The third-order valence-corrected chi connectivity index (χ3v) is 2.83. The molecule has 0 atom stereocenters. The minimum Gasteiger partial charge on any atom is -0.496 e. The van der Waals surface area contributed by atoms with E-state index in [9.17, 15) is 0 Å². The van der Waals surface area contributed by atoms with Crippen molar-refractivity contribution in [2.45, 2.75) is 13.8 Å². The van der Waals surface area contributed by atoms with Crippen molar-refractivity contribution >= 4 is 12.2 Å². The molecule has 0 unspecified atom stereocenters. The van der Waals surface area contributed by atoms with Crippen LogP contribution in [-0.2, 0) is 0 Å². The van der Waals surface area contributed by atoms with Crippen LogP contribution in [0.25, 0.3) is 11.3 Å². The molecule has 2 aromatic rings. The Balaban J connectivity index is 2.65. The highest BCUT2D eigenvalue weighted by molar-refractivity contribution is 7.71. The first-order chi connectivity index (χ1) is 8.11. The van der Waals surface area contributed by atoms with Gasteiger partial charge in [-0.25, -0.2) is 0 Å². The number of nitrogens with zero attached hydrogens (tertiary/aromatic N) is 1. The fourth-order valence-corrected chi connectivity index (χ4v) is 2.02. The van der Waals surface area contributed by atoms with Crippen LogP contribution >= 0.6 is 12.2 Å². The molecule has 1 heterocycles. The second kappa shape index (κ2) is 4.67. The molecule has 0 amide bonds. The van der Waals surface area contributed by atoms with Crippen molar-refractivity contribution in [1.29, 1.82) is 0 Å². The number of hydrogen-bond acceptors (Lipinski definition) is 3. The van der Waals surface area contributed by atoms with Gasteiger partial charge in [-0.1, -0.05) is 18.3 Å². The monoisotopic (exact) mass is 246 g/mol. The van der Waals surface area contributed by atoms with Gasteiger partial charge in [0.05, 0.1) is 12.8 Å². The van der Waals surface area contributed by atoms with E-state index >= 15 is 0 Å². The van der Waals surface area contributed by atoms with Crippen LogP contribution in [0.2, 0.25) is 0 Å². The summed E-state index contributed by atoms with van der Waals surface area (Å²) in [6, 6.07) is 7.85. The molecule has 0 radical (unpaired) electrons. The molecular weight excluding hydrogens is 232 g/mol. The number of aromatic nitrogens is 2. The molecule has 0 saturated heterocycles. The first-order valence-corrected chi connectivity index (χ1v) is 5.74. The van der Waals surface area contributed by atoms with Crippen molar-refractivity contribution in [1.82, 2.24) is 10.2 Å². The summed E-state index contributed by atoms with van der Waals surface area (Å²) < 4.78 is 6.03. The third-order valence-electron chi connectivity index (χ3n) is 2.60. The van der Waals surface area contributed by atoms with Crippen LogP contribution in [0.3, 0.4) is 0 Å². The summed E-state index contributed by atoms with van der Waals surface area (Å²) in [6.45, 7) is 4.10. The maximum absolute atomic E-state index is 5.41. The lowest BCUT2D eigenvalue weighted by Gasteiger charge is -2.12. The Morgan fingerprint density at radius 3 is 2.59 bits per heavy atom. The SMILES string of the molecule is COc1cc(C)cc(C)c1-c1ccc(=S)[nH]n1. The number of nitrogens with one attached hydrogen (secondary N) is 1. The maximum atomic E-state index is 5.41. The van der Waals surface area contributed by atoms with Gasteiger partial charge in [-0.05, 0) is 43.2 Å². The van der Waals surface area contributed by atoms with Crippen molar-refractivity contribution in [3.63, 3.8) is 0 Å². The molecule has 1 aromatic heterocycles. The van der Waals surface area contributed by atoms with Crippen LogP contribution < -0.4 is 4.74 Å². The molecule has 17 heavy (non-hydrogen) atoms. The van der Waals surface area contributed by atoms with Gasteiger partial charge in [0.25, 0.3) is 0 Å². The van der Waals surface area contributed by atoms with Crippen LogP contribution in [0, 0.1) is 18.5 Å². The topological polar surface area (TPSA) is 37.9 Å². The fourth-order valence-electron chi connectivity index (χ4n) is 1.90. The van der Waals surface area contributed by atoms with Crippen LogP contribution in [0.4, 0.5) is 0 Å². The zero-order valence-corrected chi connectivity index (χ0v) is 10.9. The van der Waals surface area contributed by atoms with Crippen molar-refractivity contribution in [2.24, 2.45) is 0 Å². The zero-order chi connectivity index (χ0) is 12.4. The van der Waals surface area contributed by atoms with Gasteiger partial charge in [-0.3, -0.25) is 5.10 Å². The molecule has 0 saturated carbocycles. The smallest absolute Gasteiger partial charge is 0.128 e. The predicted octanol–water partition coefficient (Wildman–Crippen LogP) is 3.43. The highest BCUT2D eigenvalue weighted by Gasteiger charge is 2.11. The van der Waals surface area contributed by atoms with Crippen LogP contribution in [0.15, 0.2) is 24.3 Å². The molecule has 0 aliphatic carbocycles. The molecule has 0 bridgehead atoms. The summed E-state index contributed by atoms with van der Waals surface area (Å²) in [4.78, 5) is 0. The number of ether oxygens (including phenoxy) is 1. The van der Waals surface area contributed by atoms with Gasteiger partial charge in [-0.2, -0.15) is 5.10 Å². The highest BCUT2D eigenvalue weighted by atomic mass is 32.1. The van der Waals surface area contributed by atoms with E-state index in [1.807, 2.05) is 32.0 Å². The summed E-state index contributed by atoms with van der Waals surface area (Å²) in [6.07, 6.45) is 0. The Morgan fingerprint density at radius 1 is 1.24 bits per heavy atom. The van der Waals surface area contributed by atoms with E-state index < -0.39 is 0 Å². The molecule has 88 valence electrons. The van der Waals surface area contributed by atoms with E-state index in [2.05, 4.69) is 16.3 Å². The van der Waals surface area contributed by atoms with E-state index in [0.717, 1.165) is 22.6 Å². The van der Waals surface area contributed by atoms with E-state index in [1.165, 1.54) is 5.56 Å². The Bertz CT molecular complexity index is 584. The molecule has 0 fully saturated rings. The fraction of sp³-hybridized carbons (Fsp3) is 0.231. The second-order valence-corrected chi connectivity index (χ2v) is 4.41. The highest BCUT2D eigenvalue weighted by Crippen LogP contribution is 2.32. The number of benzene rings is 1. The summed E-state index contributed by atoms with van der Waals surface area (Å²) >= 11 is 4.99. The number of aromatic amines is 1. The standard InChI is InChI=1S/C13H14N2OS/c1-8-6-9(2)13(11(7-8)16-3)10-4-5-12(17)15-14-10/h4-7H,1-3H3,(H,15,17). The molecule has 1 aromatic carbocycles. The molecular formula is C13H14N2OS. The summed E-state index contributed by atoms with van der Waals surface area (Å²) in [7, 11) is 1.67. The maximum Gasteiger partial charge on any atom is 0.128 e. The Hall–Kier alpha value is -1.68. The number of aryl methyl sites for hydroxylation is 2. The molecule has 1 N–H and O–H groups in total. The second-order valence-electron chi connectivity index (χ2n) is 3.97. The van der Waals surface area contributed by atoms with Gasteiger partial charge in [0.2, 0.25) is 0 Å². The van der Waals surface area contributed by atoms with E-state index in [-0.39, 0.29) is 0 Å². The third kappa shape index (κ3) is 2.36. The Morgan fingerprint density at radius 2 is 2.00 bits per heavy atom. The quantitative estimate of drug-likeness (QED) is 0.825. The summed E-state index contributed by atoms with van der Waals surface area (Å²) in [5.74, 6) is 0.834. The lowest BCUT2D eigenvalue weighted by molar-refractivity contribution is 0.415. The normalized spacial score (nSPS) is 10.3. The summed E-state index contributed by atoms with van der Waals surface area (Å²) in [5, 5.41) is 7.04. The average molecular weight is 246 g/mol. The number of rotatable bonds is 2. The number of hydrogen-bond donors (Lipinski definition) is 1. The van der Waals surface area contributed by atoms with Crippen molar-refractivity contribution < 1.29 is 4.74 Å². The largest absolute Gasteiger partial charge is 0.496 e. The molecule has 4 heteroatoms. The molecule has 0 spiro atoms. The zero-order valence-electron chi connectivity index (χ0n) is 10.1. The van der Waals surface area contributed by atoms with Crippen LogP contribution in [-0.4, -0.2) is 17.3 Å². The van der Waals surface area contributed by atoms with Crippen LogP contribution in [0.5, 0.6) is 5.75 Å². The molecule has 0 aliphatic heterocycles. The van der Waals surface area contributed by atoms with Crippen LogP contribution in [0.1, 0.15) is 11.1 Å². The average Bonchev–Trinajstić information content (AvgIpc) is 2.30. The van der Waals surface area contributed by atoms with Gasteiger partial charge in [0.1, 0.15) is 10.4 Å². The lowest BCUT2D eigenvalue weighted by Crippen LogP contribution is -1.95. The van der Waals surface area contributed by atoms with E-state index in [4.69, 9.17) is 17.0 Å². The summed E-state index contributed by atoms with van der Waals surface area (Å²) in [5.41, 5.74) is 4.16. The van der Waals surface area contributed by atoms with Crippen molar-refractivity contribution in [3.8, 4) is 17.0 Å². The molecule has 0 aliphatic rings. The van der Waals surface area contributed by atoms with Crippen molar-refractivity contribution in [3.05, 3.63) is 40.0 Å². The number of methoxy groups -OCH3 is 1. The Labute approximate surface area is 105 Å². The minimum absolute atomic E-state index is 0.623. The van der Waals surface area contributed by atoms with Gasteiger partial charge >= 0.3 is 0 Å². The van der Waals surface area contributed by atoms with E-state index in [0.29, 0.717) is 4.64 Å². The van der Waals surface area contributed by atoms with Gasteiger partial charge < -0.3 is 4.74 Å². The lowest BCUT2D eigenvalue weighted by atomic mass is 10.0. The number of H-pyrrole nitrogens is 1. The molecule has 3 nitrogen and oxygen atoms in total. The van der Waals surface area contributed by atoms with Crippen molar-refractivity contribution in [2.75, 3.05) is 7.11 Å². The minimum atomic E-state index is 0.623. The predicted molar refractivity (Wildman–Crippen MR) is 70.9 cm³/mol. The van der Waals surface area contributed by atoms with E-state index in [1.54, 1.807) is 7.11 Å². The Kier molecular flexibility index (Phi) is 3.24. The first kappa shape index (κ1) is 11.8. The van der Waals surface area contributed by atoms with Gasteiger partial charge in [0.15, 0.2) is 0 Å². The van der Waals surface area contributed by atoms with Gasteiger partial charge in [-0.15, -0.1) is 0 Å². The first-order valence-electron chi connectivity index (χ1n) is 5.33.